The monoisotopic (exact) mass is 425 g/mol. The van der Waals surface area contributed by atoms with Crippen LogP contribution in [0.2, 0.25) is 0 Å². The van der Waals surface area contributed by atoms with Gasteiger partial charge in [0, 0.05) is 49.9 Å². The number of halogens is 4. The summed E-state index contributed by atoms with van der Waals surface area (Å²) >= 11 is 4.57. The number of rotatable bonds is 5. The number of hydrazone groups is 1. The van der Waals surface area contributed by atoms with Crippen molar-refractivity contribution in [2.24, 2.45) is 10.8 Å². The van der Waals surface area contributed by atoms with Gasteiger partial charge < -0.3 is 10.6 Å². The van der Waals surface area contributed by atoms with Gasteiger partial charge in [-0.15, -0.1) is 0 Å². The molecule has 0 radical (unpaired) electrons. The number of nitrogens with zero attached hydrogens (tertiary/aromatic N) is 3. The highest BCUT2D eigenvalue weighted by Crippen LogP contribution is 2.25. The number of anilines is 1. The van der Waals surface area contributed by atoms with Gasteiger partial charge in [0.05, 0.1) is 11.9 Å². The number of thiocarbonyl (C=S) groups is 1. The third kappa shape index (κ3) is 5.21. The molecule has 0 bridgehead atoms. The standard InChI is InChI=1S/C19H19F4N5S/c20-14-2-1-3-15(21)13(14)11-27-4-6-28(7-5-27)18-9-16(22)12(8-17(18)23)10-25-26-19(24)29/h1-3,8-10H,4-7,11H2,(H3,24,26,29)/b25-10+. The molecule has 2 aromatic rings. The van der Waals surface area contributed by atoms with Crippen molar-refractivity contribution < 1.29 is 17.6 Å². The number of piperazine rings is 1. The van der Waals surface area contributed by atoms with Crippen LogP contribution in [0.25, 0.3) is 0 Å². The minimum Gasteiger partial charge on any atom is -0.375 e. The Balaban J connectivity index is 1.65. The maximum absolute atomic E-state index is 14.5. The van der Waals surface area contributed by atoms with E-state index in [0.29, 0.717) is 26.2 Å². The first-order chi connectivity index (χ1) is 13.8. The highest BCUT2D eigenvalue weighted by atomic mass is 32.1. The maximum atomic E-state index is 14.5. The molecule has 29 heavy (non-hydrogen) atoms. The zero-order valence-electron chi connectivity index (χ0n) is 15.3. The Morgan fingerprint density at radius 3 is 2.31 bits per heavy atom. The summed E-state index contributed by atoms with van der Waals surface area (Å²) in [6.07, 6.45) is 1.09. The number of nitrogens with two attached hydrogens (primary N) is 1. The van der Waals surface area contributed by atoms with Crippen molar-refractivity contribution in [3.63, 3.8) is 0 Å². The lowest BCUT2D eigenvalue weighted by Gasteiger charge is -2.36. The van der Waals surface area contributed by atoms with Crippen LogP contribution in [0.4, 0.5) is 23.2 Å². The van der Waals surface area contributed by atoms with Crippen LogP contribution in [0.1, 0.15) is 11.1 Å². The molecule has 1 aliphatic rings. The zero-order chi connectivity index (χ0) is 21.0. The minimum atomic E-state index is -0.647. The highest BCUT2D eigenvalue weighted by molar-refractivity contribution is 7.80. The van der Waals surface area contributed by atoms with Crippen LogP contribution in [0.3, 0.4) is 0 Å². The van der Waals surface area contributed by atoms with E-state index in [1.807, 2.05) is 4.90 Å². The first-order valence-corrected chi connectivity index (χ1v) is 9.23. The van der Waals surface area contributed by atoms with E-state index < -0.39 is 23.3 Å². The first-order valence-electron chi connectivity index (χ1n) is 8.83. The third-order valence-corrected chi connectivity index (χ3v) is 4.69. The van der Waals surface area contributed by atoms with Crippen molar-refractivity contribution in [1.82, 2.24) is 10.3 Å². The van der Waals surface area contributed by atoms with Crippen molar-refractivity contribution in [3.05, 3.63) is 64.7 Å². The number of hydrogen-bond acceptors (Lipinski definition) is 4. The molecule has 0 atom stereocenters. The van der Waals surface area contributed by atoms with Crippen molar-refractivity contribution >= 4 is 29.2 Å². The summed E-state index contributed by atoms with van der Waals surface area (Å²) in [5.41, 5.74) is 7.56. The average molecular weight is 425 g/mol. The van der Waals surface area contributed by atoms with Crippen LogP contribution in [0, 0.1) is 23.3 Å². The third-order valence-electron chi connectivity index (χ3n) is 4.60. The second kappa shape index (κ2) is 9.19. The van der Waals surface area contributed by atoms with Gasteiger partial charge in [-0.1, -0.05) is 6.07 Å². The van der Waals surface area contributed by atoms with Crippen LogP contribution >= 0.6 is 12.2 Å². The van der Waals surface area contributed by atoms with Gasteiger partial charge in [-0.05, 0) is 30.4 Å². The Bertz CT molecular complexity index is 909. The van der Waals surface area contributed by atoms with E-state index in [1.54, 1.807) is 4.90 Å². The molecular weight excluding hydrogens is 406 g/mol. The number of hydrogen-bond donors (Lipinski definition) is 2. The molecular formula is C19H19F4N5S. The van der Waals surface area contributed by atoms with E-state index in [0.717, 1.165) is 18.3 Å². The second-order valence-electron chi connectivity index (χ2n) is 6.52. The Morgan fingerprint density at radius 1 is 1.03 bits per heavy atom. The predicted molar refractivity (Wildman–Crippen MR) is 108 cm³/mol. The quantitative estimate of drug-likeness (QED) is 0.334. The molecule has 0 unspecified atom stereocenters. The molecule has 2 aromatic carbocycles. The molecule has 154 valence electrons. The summed E-state index contributed by atoms with van der Waals surface area (Å²) in [6, 6.07) is 5.89. The van der Waals surface area contributed by atoms with Crippen molar-refractivity contribution in [2.75, 3.05) is 31.1 Å². The Kier molecular flexibility index (Phi) is 6.65. The summed E-state index contributed by atoms with van der Waals surface area (Å²) in [5, 5.41) is 3.53. The summed E-state index contributed by atoms with van der Waals surface area (Å²) in [6.45, 7) is 1.81. The van der Waals surface area contributed by atoms with Gasteiger partial charge >= 0.3 is 0 Å². The molecule has 1 aliphatic heterocycles. The fourth-order valence-corrected chi connectivity index (χ4v) is 3.17. The Labute approximate surface area is 170 Å². The van der Waals surface area contributed by atoms with E-state index in [4.69, 9.17) is 5.73 Å². The smallest absolute Gasteiger partial charge is 0.184 e. The fraction of sp³-hybridized carbons (Fsp3) is 0.263. The predicted octanol–water partition coefficient (Wildman–Crippen LogP) is 2.73. The zero-order valence-corrected chi connectivity index (χ0v) is 16.2. The maximum Gasteiger partial charge on any atom is 0.184 e. The molecule has 3 N–H and O–H groups in total. The fourth-order valence-electron chi connectivity index (χ4n) is 3.11. The van der Waals surface area contributed by atoms with Crippen molar-refractivity contribution in [3.8, 4) is 0 Å². The van der Waals surface area contributed by atoms with E-state index in [9.17, 15) is 17.6 Å². The van der Waals surface area contributed by atoms with Crippen LogP contribution in [-0.2, 0) is 6.54 Å². The van der Waals surface area contributed by atoms with Gasteiger partial charge in [-0.3, -0.25) is 10.3 Å². The molecule has 0 spiro atoms. The SMILES string of the molecule is NC(=S)N/N=C/c1cc(F)c(N2CCN(Cc3c(F)cccc3F)CC2)cc1F. The van der Waals surface area contributed by atoms with Crippen LogP contribution < -0.4 is 16.1 Å². The number of nitrogens with one attached hydrogen (secondary N) is 1. The topological polar surface area (TPSA) is 56.9 Å². The van der Waals surface area contributed by atoms with Gasteiger partial charge in [0.15, 0.2) is 5.11 Å². The van der Waals surface area contributed by atoms with Crippen LogP contribution in [-0.4, -0.2) is 42.4 Å². The normalized spacial score (nSPS) is 15.1. The molecule has 0 aliphatic carbocycles. The Morgan fingerprint density at radius 2 is 1.69 bits per heavy atom. The largest absolute Gasteiger partial charge is 0.375 e. The molecule has 0 saturated carbocycles. The molecule has 1 fully saturated rings. The van der Waals surface area contributed by atoms with Gasteiger partial charge in [0.2, 0.25) is 0 Å². The first kappa shape index (κ1) is 21.0. The molecule has 1 heterocycles. The van der Waals surface area contributed by atoms with E-state index in [-0.39, 0.29) is 28.5 Å². The minimum absolute atomic E-state index is 0.00684. The van der Waals surface area contributed by atoms with Crippen LogP contribution in [0.15, 0.2) is 35.4 Å². The molecule has 0 aromatic heterocycles. The Hall–Kier alpha value is -2.72. The van der Waals surface area contributed by atoms with Crippen molar-refractivity contribution in [1.29, 1.82) is 0 Å². The molecule has 0 amide bonds. The van der Waals surface area contributed by atoms with E-state index >= 15 is 0 Å². The summed E-state index contributed by atoms with van der Waals surface area (Å²) in [7, 11) is 0. The van der Waals surface area contributed by atoms with Gasteiger partial charge in [0.25, 0.3) is 0 Å². The molecule has 5 nitrogen and oxygen atoms in total. The molecule has 10 heteroatoms. The summed E-state index contributed by atoms with van der Waals surface area (Å²) < 4.78 is 56.4. The highest BCUT2D eigenvalue weighted by Gasteiger charge is 2.22. The van der Waals surface area contributed by atoms with Gasteiger partial charge in [-0.2, -0.15) is 5.10 Å². The summed E-state index contributed by atoms with van der Waals surface area (Å²) in [4.78, 5) is 3.56. The average Bonchev–Trinajstić information content (AvgIpc) is 2.67. The van der Waals surface area contributed by atoms with Crippen molar-refractivity contribution in [2.45, 2.75) is 6.54 Å². The van der Waals surface area contributed by atoms with Gasteiger partial charge in [-0.25, -0.2) is 17.6 Å². The lowest BCUT2D eigenvalue weighted by molar-refractivity contribution is 0.242. The van der Waals surface area contributed by atoms with Crippen LogP contribution in [0.5, 0.6) is 0 Å². The molecule has 3 rings (SSSR count). The van der Waals surface area contributed by atoms with E-state index in [1.165, 1.54) is 18.2 Å². The van der Waals surface area contributed by atoms with E-state index in [2.05, 4.69) is 22.7 Å². The lowest BCUT2D eigenvalue weighted by Crippen LogP contribution is -2.46. The lowest BCUT2D eigenvalue weighted by atomic mass is 10.1. The molecule has 1 saturated heterocycles. The summed E-state index contributed by atoms with van der Waals surface area (Å²) in [5.74, 6) is -2.44. The number of benzene rings is 2. The second-order valence-corrected chi connectivity index (χ2v) is 6.96. The van der Waals surface area contributed by atoms with Gasteiger partial charge in [0.1, 0.15) is 23.3 Å².